The third-order valence-corrected chi connectivity index (χ3v) is 3.92. The van der Waals surface area contributed by atoms with Crippen LogP contribution in [-0.4, -0.2) is 30.0 Å². The Hall–Kier alpha value is -0.900. The maximum absolute atomic E-state index is 9.85. The average molecular weight is 278 g/mol. The maximum atomic E-state index is 9.85. The summed E-state index contributed by atoms with van der Waals surface area (Å²) in [4.78, 5) is 0. The molecule has 1 N–H and O–H groups in total. The number of ether oxygens (including phenoxy) is 2. The highest BCUT2D eigenvalue weighted by molar-refractivity contribution is 5.13. The van der Waals surface area contributed by atoms with Crippen LogP contribution in [0.5, 0.6) is 0 Å². The minimum atomic E-state index is -0.262. The van der Waals surface area contributed by atoms with Crippen LogP contribution in [0.1, 0.15) is 32.8 Å². The van der Waals surface area contributed by atoms with Crippen LogP contribution in [0.15, 0.2) is 30.3 Å². The van der Waals surface area contributed by atoms with Gasteiger partial charge in [-0.25, -0.2) is 0 Å². The summed E-state index contributed by atoms with van der Waals surface area (Å²) in [6.45, 7) is 7.57. The predicted octanol–water partition coefficient (Wildman–Crippen LogP) is 3.01. The number of aliphatic hydroxyl groups excluding tert-OH is 1. The largest absolute Gasteiger partial charge is 0.393 e. The second kappa shape index (κ2) is 7.21. The van der Waals surface area contributed by atoms with Crippen LogP contribution in [0.3, 0.4) is 0 Å². The van der Waals surface area contributed by atoms with Crippen molar-refractivity contribution >= 4 is 0 Å². The summed E-state index contributed by atoms with van der Waals surface area (Å²) >= 11 is 0. The van der Waals surface area contributed by atoms with Crippen molar-refractivity contribution < 1.29 is 14.6 Å². The zero-order valence-corrected chi connectivity index (χ0v) is 12.7. The van der Waals surface area contributed by atoms with Crippen LogP contribution < -0.4 is 0 Å². The molecule has 1 aliphatic rings. The van der Waals surface area contributed by atoms with Gasteiger partial charge in [0.15, 0.2) is 0 Å². The van der Waals surface area contributed by atoms with Crippen LogP contribution in [0.2, 0.25) is 0 Å². The zero-order valence-electron chi connectivity index (χ0n) is 12.7. The molecule has 0 unspecified atom stereocenters. The molecule has 0 spiro atoms. The highest BCUT2D eigenvalue weighted by atomic mass is 16.6. The molecular formula is C17H26O3. The van der Waals surface area contributed by atoms with Crippen LogP contribution in [0.4, 0.5) is 0 Å². The van der Waals surface area contributed by atoms with Crippen molar-refractivity contribution in [2.45, 2.75) is 52.1 Å². The van der Waals surface area contributed by atoms with E-state index in [-0.39, 0.29) is 18.3 Å². The van der Waals surface area contributed by atoms with E-state index in [1.54, 1.807) is 0 Å². The van der Waals surface area contributed by atoms with E-state index in [1.807, 2.05) is 32.0 Å². The molecule has 0 saturated carbocycles. The summed E-state index contributed by atoms with van der Waals surface area (Å²) < 4.78 is 11.4. The van der Waals surface area contributed by atoms with Gasteiger partial charge in [0.2, 0.25) is 0 Å². The topological polar surface area (TPSA) is 42.0 Å². The molecule has 1 heterocycles. The van der Waals surface area contributed by atoms with Crippen LogP contribution in [0, 0.1) is 11.8 Å². The fourth-order valence-corrected chi connectivity index (χ4v) is 2.39. The van der Waals surface area contributed by atoms with Gasteiger partial charge >= 0.3 is 0 Å². The number of hydrogen-bond acceptors (Lipinski definition) is 3. The van der Waals surface area contributed by atoms with E-state index in [0.717, 1.165) is 6.42 Å². The summed E-state index contributed by atoms with van der Waals surface area (Å²) in [5.74, 6) is 0.674. The summed E-state index contributed by atoms with van der Waals surface area (Å²) in [7, 11) is 0. The third kappa shape index (κ3) is 4.58. The van der Waals surface area contributed by atoms with E-state index < -0.39 is 0 Å². The molecule has 0 aliphatic carbocycles. The molecule has 2 rings (SSSR count). The maximum Gasteiger partial charge on any atom is 0.0890 e. The number of epoxide rings is 1. The molecule has 3 nitrogen and oxygen atoms in total. The lowest BCUT2D eigenvalue weighted by Crippen LogP contribution is -2.20. The minimum Gasteiger partial charge on any atom is -0.393 e. The van der Waals surface area contributed by atoms with Gasteiger partial charge in [-0.05, 0) is 11.5 Å². The summed E-state index contributed by atoms with van der Waals surface area (Å²) in [6.07, 6.45) is 0.940. The number of aliphatic hydroxyl groups is 1. The first-order valence-corrected chi connectivity index (χ1v) is 7.53. The molecule has 1 saturated heterocycles. The fraction of sp³-hybridized carbons (Fsp3) is 0.647. The Morgan fingerprint density at radius 1 is 1.20 bits per heavy atom. The van der Waals surface area contributed by atoms with E-state index in [9.17, 15) is 5.11 Å². The lowest BCUT2D eigenvalue weighted by Gasteiger charge is -2.13. The standard InChI is InChI=1S/C17H26O3/c1-12(2)15(18)9-16-17(20-16)13(3)10-19-11-14-7-5-4-6-8-14/h4-8,12-13,15-18H,9-11H2,1-3H3/t13-,15-,16+,17-/m0/s1. The molecule has 3 heteroatoms. The minimum absolute atomic E-state index is 0.211. The van der Waals surface area contributed by atoms with E-state index >= 15 is 0 Å². The van der Waals surface area contributed by atoms with Gasteiger partial charge in [0.1, 0.15) is 0 Å². The number of benzene rings is 1. The van der Waals surface area contributed by atoms with Gasteiger partial charge in [-0.15, -0.1) is 0 Å². The van der Waals surface area contributed by atoms with E-state index in [4.69, 9.17) is 9.47 Å². The molecule has 1 aliphatic heterocycles. The van der Waals surface area contributed by atoms with Gasteiger partial charge in [-0.1, -0.05) is 51.1 Å². The van der Waals surface area contributed by atoms with Crippen molar-refractivity contribution in [3.63, 3.8) is 0 Å². The molecule has 0 bridgehead atoms. The fourth-order valence-electron chi connectivity index (χ4n) is 2.39. The third-order valence-electron chi connectivity index (χ3n) is 3.92. The van der Waals surface area contributed by atoms with Crippen LogP contribution in [0.25, 0.3) is 0 Å². The Morgan fingerprint density at radius 2 is 1.90 bits per heavy atom. The Labute approximate surface area is 121 Å². The first-order chi connectivity index (χ1) is 9.58. The second-order valence-corrected chi connectivity index (χ2v) is 6.16. The lowest BCUT2D eigenvalue weighted by molar-refractivity contribution is 0.0825. The molecule has 0 amide bonds. The molecule has 112 valence electrons. The average Bonchev–Trinajstić information content (AvgIpc) is 3.19. The van der Waals surface area contributed by atoms with Crippen molar-refractivity contribution in [2.24, 2.45) is 11.8 Å². The lowest BCUT2D eigenvalue weighted by atomic mass is 9.98. The number of rotatable bonds is 8. The van der Waals surface area contributed by atoms with E-state index in [1.165, 1.54) is 5.56 Å². The molecular weight excluding hydrogens is 252 g/mol. The quantitative estimate of drug-likeness (QED) is 0.743. The molecule has 0 aromatic heterocycles. The van der Waals surface area contributed by atoms with Crippen LogP contribution in [-0.2, 0) is 16.1 Å². The second-order valence-electron chi connectivity index (χ2n) is 6.16. The monoisotopic (exact) mass is 278 g/mol. The molecule has 4 atom stereocenters. The molecule has 1 aromatic rings. The molecule has 1 fully saturated rings. The van der Waals surface area contributed by atoms with Gasteiger partial charge in [0, 0.05) is 12.3 Å². The predicted molar refractivity (Wildman–Crippen MR) is 79.4 cm³/mol. The first-order valence-electron chi connectivity index (χ1n) is 7.53. The van der Waals surface area contributed by atoms with E-state index in [2.05, 4.69) is 19.1 Å². The van der Waals surface area contributed by atoms with Crippen molar-refractivity contribution in [2.75, 3.05) is 6.61 Å². The molecule has 1 aromatic carbocycles. The summed E-state index contributed by atoms with van der Waals surface area (Å²) in [5.41, 5.74) is 1.20. The summed E-state index contributed by atoms with van der Waals surface area (Å²) in [5, 5.41) is 9.85. The Kier molecular flexibility index (Phi) is 5.58. The zero-order chi connectivity index (χ0) is 14.5. The molecule has 20 heavy (non-hydrogen) atoms. The Morgan fingerprint density at radius 3 is 2.55 bits per heavy atom. The smallest absolute Gasteiger partial charge is 0.0890 e. The molecule has 0 radical (unpaired) electrons. The normalized spacial score (nSPS) is 24.6. The van der Waals surface area contributed by atoms with Gasteiger partial charge in [0.25, 0.3) is 0 Å². The van der Waals surface area contributed by atoms with E-state index in [0.29, 0.717) is 25.0 Å². The Bertz CT molecular complexity index is 390. The van der Waals surface area contributed by atoms with Crippen molar-refractivity contribution in [3.05, 3.63) is 35.9 Å². The highest BCUT2D eigenvalue weighted by Crippen LogP contribution is 2.34. The van der Waals surface area contributed by atoms with Crippen molar-refractivity contribution in [1.29, 1.82) is 0 Å². The van der Waals surface area contributed by atoms with Gasteiger partial charge < -0.3 is 14.6 Å². The SMILES string of the molecule is CC(C)[C@@H](O)C[C@H]1O[C@H]1[C@@H](C)COCc1ccccc1. The first kappa shape index (κ1) is 15.5. The van der Waals surface area contributed by atoms with Crippen LogP contribution >= 0.6 is 0 Å². The van der Waals surface area contributed by atoms with Gasteiger partial charge in [0.05, 0.1) is 31.5 Å². The van der Waals surface area contributed by atoms with Crippen molar-refractivity contribution in [1.82, 2.24) is 0 Å². The van der Waals surface area contributed by atoms with Gasteiger partial charge in [-0.2, -0.15) is 0 Å². The van der Waals surface area contributed by atoms with Crippen molar-refractivity contribution in [3.8, 4) is 0 Å². The highest BCUT2D eigenvalue weighted by Gasteiger charge is 2.43. The Balaban J connectivity index is 1.63. The number of hydrogen-bond donors (Lipinski definition) is 1. The summed E-state index contributed by atoms with van der Waals surface area (Å²) in [6, 6.07) is 10.2. The van der Waals surface area contributed by atoms with Gasteiger partial charge in [-0.3, -0.25) is 0 Å².